The minimum atomic E-state index is -0.0668. The van der Waals surface area contributed by atoms with Gasteiger partial charge >= 0.3 is 0 Å². The van der Waals surface area contributed by atoms with E-state index in [-0.39, 0.29) is 10.8 Å². The molecule has 2 nitrogen and oxygen atoms in total. The lowest BCUT2D eigenvalue weighted by Crippen LogP contribution is -2.32. The molecular weight excluding hydrogens is 284 g/mol. The first-order valence-electron chi connectivity index (χ1n) is 8.08. The molecule has 23 heavy (non-hydrogen) atoms. The maximum atomic E-state index is 9.56. The molecule has 0 amide bonds. The number of aromatic hydroxyl groups is 2. The van der Waals surface area contributed by atoms with Crippen LogP contribution < -0.4 is 0 Å². The molecule has 3 rings (SSSR count). The highest BCUT2D eigenvalue weighted by atomic mass is 16.3. The van der Waals surface area contributed by atoms with Crippen LogP contribution in [0.25, 0.3) is 5.57 Å². The molecule has 1 aliphatic rings. The van der Waals surface area contributed by atoms with Gasteiger partial charge in [0.05, 0.1) is 0 Å². The van der Waals surface area contributed by atoms with Crippen LogP contribution >= 0.6 is 0 Å². The molecule has 0 spiro atoms. The van der Waals surface area contributed by atoms with Gasteiger partial charge in [0.15, 0.2) is 0 Å². The van der Waals surface area contributed by atoms with Crippen LogP contribution in [0.3, 0.4) is 0 Å². The maximum Gasteiger partial charge on any atom is 0.115 e. The highest BCUT2D eigenvalue weighted by Crippen LogP contribution is 2.49. The number of phenols is 2. The van der Waals surface area contributed by atoms with E-state index in [0.29, 0.717) is 11.5 Å². The van der Waals surface area contributed by atoms with Gasteiger partial charge < -0.3 is 10.2 Å². The lowest BCUT2D eigenvalue weighted by atomic mass is 9.62. The Morgan fingerprint density at radius 3 is 1.87 bits per heavy atom. The number of benzene rings is 2. The average Bonchev–Trinajstić information content (AvgIpc) is 2.46. The molecule has 0 saturated carbocycles. The minimum Gasteiger partial charge on any atom is -0.508 e. The van der Waals surface area contributed by atoms with Gasteiger partial charge in [-0.3, -0.25) is 0 Å². The van der Waals surface area contributed by atoms with Crippen molar-refractivity contribution in [2.75, 3.05) is 0 Å². The zero-order chi connectivity index (χ0) is 16.7. The molecule has 0 aliphatic heterocycles. The van der Waals surface area contributed by atoms with Crippen molar-refractivity contribution in [1.82, 2.24) is 0 Å². The Kier molecular flexibility index (Phi) is 3.71. The van der Waals surface area contributed by atoms with Crippen molar-refractivity contribution in [3.05, 3.63) is 65.7 Å². The molecule has 2 aromatic carbocycles. The fraction of sp³-hybridized carbons (Fsp3) is 0.333. The van der Waals surface area contributed by atoms with Gasteiger partial charge in [0, 0.05) is 5.41 Å². The Balaban J connectivity index is 2.07. The van der Waals surface area contributed by atoms with E-state index in [2.05, 4.69) is 26.8 Å². The SMILES string of the molecule is CC1(C)CC(c2ccc(O)cc2)=CC(C)(c2ccc(O)cc2)C1. The first-order chi connectivity index (χ1) is 10.8. The van der Waals surface area contributed by atoms with Crippen LogP contribution in [-0.4, -0.2) is 10.2 Å². The summed E-state index contributed by atoms with van der Waals surface area (Å²) in [7, 11) is 0. The normalized spacial score (nSPS) is 23.3. The summed E-state index contributed by atoms with van der Waals surface area (Å²) in [5.74, 6) is 0.598. The predicted octanol–water partition coefficient (Wildman–Crippen LogP) is 5.26. The Morgan fingerprint density at radius 2 is 1.30 bits per heavy atom. The fourth-order valence-electron chi connectivity index (χ4n) is 3.95. The zero-order valence-electron chi connectivity index (χ0n) is 14.0. The van der Waals surface area contributed by atoms with Gasteiger partial charge in [0.25, 0.3) is 0 Å². The third-order valence-electron chi connectivity index (χ3n) is 4.77. The standard InChI is InChI=1S/C21H24O2/c1-20(2)12-16(15-4-8-18(22)9-5-15)13-21(3,14-20)17-6-10-19(23)11-7-17/h4-11,13,22-23H,12,14H2,1-3H3. The van der Waals surface area contributed by atoms with Crippen LogP contribution in [0.15, 0.2) is 54.6 Å². The van der Waals surface area contributed by atoms with E-state index in [1.807, 2.05) is 24.3 Å². The highest BCUT2D eigenvalue weighted by molar-refractivity contribution is 5.69. The van der Waals surface area contributed by atoms with E-state index < -0.39 is 0 Å². The number of phenolic OH excluding ortho intramolecular Hbond substituents is 2. The summed E-state index contributed by atoms with van der Waals surface area (Å²) >= 11 is 0. The van der Waals surface area contributed by atoms with Crippen molar-refractivity contribution < 1.29 is 10.2 Å². The van der Waals surface area contributed by atoms with Crippen LogP contribution in [-0.2, 0) is 5.41 Å². The summed E-state index contributed by atoms with van der Waals surface area (Å²) in [5, 5.41) is 19.1. The quantitative estimate of drug-likeness (QED) is 0.794. The van der Waals surface area contributed by atoms with Crippen LogP contribution in [0.1, 0.15) is 44.7 Å². The minimum absolute atomic E-state index is 0.0668. The molecule has 2 N–H and O–H groups in total. The second-order valence-corrected chi connectivity index (χ2v) is 7.70. The summed E-state index contributed by atoms with van der Waals surface area (Å²) in [6.07, 6.45) is 4.44. The van der Waals surface area contributed by atoms with Gasteiger partial charge in [0.1, 0.15) is 11.5 Å². The first kappa shape index (κ1) is 15.7. The molecule has 0 heterocycles. The third-order valence-corrected chi connectivity index (χ3v) is 4.77. The number of allylic oxidation sites excluding steroid dienone is 2. The van der Waals surface area contributed by atoms with E-state index in [0.717, 1.165) is 12.8 Å². The summed E-state index contributed by atoms with van der Waals surface area (Å²) in [6.45, 7) is 6.87. The summed E-state index contributed by atoms with van der Waals surface area (Å²) < 4.78 is 0. The Labute approximate surface area is 138 Å². The Bertz CT molecular complexity index is 723. The third kappa shape index (κ3) is 3.26. The van der Waals surface area contributed by atoms with Gasteiger partial charge in [-0.15, -0.1) is 0 Å². The number of rotatable bonds is 2. The van der Waals surface area contributed by atoms with E-state index in [1.165, 1.54) is 16.7 Å². The monoisotopic (exact) mass is 308 g/mol. The van der Waals surface area contributed by atoms with Crippen molar-refractivity contribution >= 4 is 5.57 Å². The summed E-state index contributed by atoms with van der Waals surface area (Å²) in [4.78, 5) is 0. The number of hydrogen-bond donors (Lipinski definition) is 2. The van der Waals surface area contributed by atoms with Gasteiger partial charge in [-0.05, 0) is 59.2 Å². The lowest BCUT2D eigenvalue weighted by Gasteiger charge is -2.42. The van der Waals surface area contributed by atoms with E-state index in [9.17, 15) is 10.2 Å². The molecule has 2 aromatic rings. The van der Waals surface area contributed by atoms with Crippen molar-refractivity contribution in [2.45, 2.75) is 39.0 Å². The number of hydrogen-bond acceptors (Lipinski definition) is 2. The van der Waals surface area contributed by atoms with Crippen LogP contribution in [0.2, 0.25) is 0 Å². The van der Waals surface area contributed by atoms with E-state index in [1.54, 1.807) is 24.3 Å². The van der Waals surface area contributed by atoms with E-state index >= 15 is 0 Å². The highest BCUT2D eigenvalue weighted by Gasteiger charge is 2.37. The lowest BCUT2D eigenvalue weighted by molar-refractivity contribution is 0.268. The molecule has 120 valence electrons. The summed E-state index contributed by atoms with van der Waals surface area (Å²) in [5.41, 5.74) is 3.83. The predicted molar refractivity (Wildman–Crippen MR) is 94.6 cm³/mol. The van der Waals surface area contributed by atoms with Crippen LogP contribution in [0.5, 0.6) is 11.5 Å². The van der Waals surface area contributed by atoms with Crippen molar-refractivity contribution in [3.63, 3.8) is 0 Å². The topological polar surface area (TPSA) is 40.5 Å². The largest absolute Gasteiger partial charge is 0.508 e. The molecular formula is C21H24O2. The van der Waals surface area contributed by atoms with E-state index in [4.69, 9.17) is 0 Å². The molecule has 0 saturated heterocycles. The van der Waals surface area contributed by atoms with Crippen molar-refractivity contribution in [1.29, 1.82) is 0 Å². The average molecular weight is 308 g/mol. The summed E-state index contributed by atoms with van der Waals surface area (Å²) in [6, 6.07) is 15.0. The fourth-order valence-corrected chi connectivity index (χ4v) is 3.95. The first-order valence-corrected chi connectivity index (χ1v) is 8.08. The zero-order valence-corrected chi connectivity index (χ0v) is 14.0. The smallest absolute Gasteiger partial charge is 0.115 e. The molecule has 1 atom stereocenters. The molecule has 2 heteroatoms. The van der Waals surface area contributed by atoms with Gasteiger partial charge in [-0.2, -0.15) is 0 Å². The second-order valence-electron chi connectivity index (χ2n) is 7.70. The molecule has 0 aromatic heterocycles. The van der Waals surface area contributed by atoms with Crippen molar-refractivity contribution in [3.8, 4) is 11.5 Å². The maximum absolute atomic E-state index is 9.56. The van der Waals surface area contributed by atoms with Gasteiger partial charge in [-0.25, -0.2) is 0 Å². The van der Waals surface area contributed by atoms with Crippen LogP contribution in [0, 0.1) is 5.41 Å². The molecule has 1 aliphatic carbocycles. The molecule has 0 fully saturated rings. The molecule has 0 radical (unpaired) electrons. The molecule has 0 bridgehead atoms. The second kappa shape index (κ2) is 5.45. The Hall–Kier alpha value is -2.22. The molecule has 1 unspecified atom stereocenters. The van der Waals surface area contributed by atoms with Crippen LogP contribution in [0.4, 0.5) is 0 Å². The van der Waals surface area contributed by atoms with Gasteiger partial charge in [-0.1, -0.05) is 51.1 Å². The van der Waals surface area contributed by atoms with Gasteiger partial charge in [0.2, 0.25) is 0 Å². The van der Waals surface area contributed by atoms with Crippen molar-refractivity contribution in [2.24, 2.45) is 5.41 Å². The Morgan fingerprint density at radius 1 is 0.783 bits per heavy atom.